The lowest BCUT2D eigenvalue weighted by molar-refractivity contribution is -0.120. The molecule has 0 aliphatic carbocycles. The molecule has 1 saturated heterocycles. The van der Waals surface area contributed by atoms with Crippen molar-refractivity contribution in [2.45, 2.75) is 56.1 Å². The van der Waals surface area contributed by atoms with Gasteiger partial charge in [-0.1, -0.05) is 66.7 Å². The van der Waals surface area contributed by atoms with E-state index in [-0.39, 0.29) is 17.2 Å². The number of carbonyl (C=O) groups is 1. The molecule has 7 heteroatoms. The maximum absolute atomic E-state index is 12.9. The molecule has 2 aromatic carbocycles. The Bertz CT molecular complexity index is 1000. The lowest BCUT2D eigenvalue weighted by atomic mass is 10.1. The quantitative estimate of drug-likeness (QED) is 0.509. The number of carbonyl (C=O) groups excluding carboxylic acids is 1. The van der Waals surface area contributed by atoms with Crippen molar-refractivity contribution in [3.05, 3.63) is 72.1 Å². The van der Waals surface area contributed by atoms with E-state index in [1.165, 1.54) is 31.0 Å². The van der Waals surface area contributed by atoms with Crippen molar-refractivity contribution in [1.82, 2.24) is 25.0 Å². The van der Waals surface area contributed by atoms with Gasteiger partial charge in [-0.3, -0.25) is 14.3 Å². The standard InChI is InChI=1S/C25H31N5OS/c1-19(21-12-6-3-7-13-21)26-24(31)20(2)32-25-28-27-23(18-29-16-10-5-11-17-29)30(25)22-14-8-4-9-15-22/h3-4,6-9,12-15,19-20H,5,10-11,16-18H2,1-2H3,(H,26,31). The summed E-state index contributed by atoms with van der Waals surface area (Å²) in [5, 5.41) is 12.6. The molecule has 168 valence electrons. The van der Waals surface area contributed by atoms with E-state index in [0.717, 1.165) is 41.9 Å². The summed E-state index contributed by atoms with van der Waals surface area (Å²) in [5.74, 6) is 0.914. The predicted molar refractivity (Wildman–Crippen MR) is 129 cm³/mol. The Hall–Kier alpha value is -2.64. The molecule has 6 nitrogen and oxygen atoms in total. The maximum atomic E-state index is 12.9. The van der Waals surface area contributed by atoms with E-state index in [1.807, 2.05) is 62.4 Å². The number of rotatable bonds is 8. The summed E-state index contributed by atoms with van der Waals surface area (Å²) in [6.45, 7) is 6.90. The Labute approximate surface area is 194 Å². The lowest BCUT2D eigenvalue weighted by Crippen LogP contribution is -2.33. The van der Waals surface area contributed by atoms with Crippen LogP contribution in [0, 0.1) is 0 Å². The highest BCUT2D eigenvalue weighted by molar-refractivity contribution is 8.00. The number of likely N-dealkylation sites (tertiary alicyclic amines) is 1. The summed E-state index contributed by atoms with van der Waals surface area (Å²) >= 11 is 1.45. The number of para-hydroxylation sites is 1. The zero-order valence-electron chi connectivity index (χ0n) is 18.8. The molecule has 0 bridgehead atoms. The monoisotopic (exact) mass is 449 g/mol. The van der Waals surface area contributed by atoms with Crippen LogP contribution in [-0.4, -0.2) is 43.9 Å². The Balaban J connectivity index is 1.50. The smallest absolute Gasteiger partial charge is 0.233 e. The Kier molecular flexibility index (Phi) is 7.60. The van der Waals surface area contributed by atoms with Crippen LogP contribution in [0.3, 0.4) is 0 Å². The normalized spacial score (nSPS) is 16.4. The summed E-state index contributed by atoms with van der Waals surface area (Å²) in [7, 11) is 0. The number of hydrogen-bond acceptors (Lipinski definition) is 5. The number of thioether (sulfide) groups is 1. The number of nitrogens with zero attached hydrogens (tertiary/aromatic N) is 4. The Morgan fingerprint density at radius 1 is 0.969 bits per heavy atom. The number of benzene rings is 2. The molecule has 32 heavy (non-hydrogen) atoms. The van der Waals surface area contributed by atoms with Crippen molar-refractivity contribution < 1.29 is 4.79 Å². The highest BCUT2D eigenvalue weighted by atomic mass is 32.2. The van der Waals surface area contributed by atoms with E-state index in [0.29, 0.717) is 0 Å². The van der Waals surface area contributed by atoms with Crippen molar-refractivity contribution in [3.8, 4) is 5.69 Å². The third-order valence-electron chi connectivity index (χ3n) is 5.84. The van der Waals surface area contributed by atoms with Gasteiger partial charge < -0.3 is 5.32 Å². The fraction of sp³-hybridized carbons (Fsp3) is 0.400. The van der Waals surface area contributed by atoms with Gasteiger partial charge in [0.05, 0.1) is 17.8 Å². The predicted octanol–water partition coefficient (Wildman–Crippen LogP) is 4.61. The first-order chi connectivity index (χ1) is 15.6. The van der Waals surface area contributed by atoms with E-state index >= 15 is 0 Å². The molecule has 1 amide bonds. The zero-order valence-corrected chi connectivity index (χ0v) is 19.6. The average molecular weight is 450 g/mol. The molecule has 0 spiro atoms. The van der Waals surface area contributed by atoms with Crippen LogP contribution in [0.15, 0.2) is 65.8 Å². The van der Waals surface area contributed by atoms with Crippen LogP contribution in [0.1, 0.15) is 50.5 Å². The molecule has 0 radical (unpaired) electrons. The molecule has 1 N–H and O–H groups in total. The van der Waals surface area contributed by atoms with E-state index in [1.54, 1.807) is 0 Å². The van der Waals surface area contributed by atoms with Gasteiger partial charge >= 0.3 is 0 Å². The van der Waals surface area contributed by atoms with Crippen LogP contribution in [-0.2, 0) is 11.3 Å². The average Bonchev–Trinajstić information content (AvgIpc) is 3.22. The first-order valence-electron chi connectivity index (χ1n) is 11.4. The molecule has 1 aliphatic rings. The number of nitrogens with one attached hydrogen (secondary N) is 1. The van der Waals surface area contributed by atoms with Gasteiger partial charge in [0, 0.05) is 5.69 Å². The molecule has 1 fully saturated rings. The van der Waals surface area contributed by atoms with Crippen LogP contribution in [0.25, 0.3) is 5.69 Å². The van der Waals surface area contributed by atoms with Gasteiger partial charge in [0.15, 0.2) is 11.0 Å². The Morgan fingerprint density at radius 3 is 2.31 bits per heavy atom. The third-order valence-corrected chi connectivity index (χ3v) is 6.88. The molecule has 3 aromatic rings. The van der Waals surface area contributed by atoms with Gasteiger partial charge in [0.2, 0.25) is 5.91 Å². The molecule has 2 atom stereocenters. The van der Waals surface area contributed by atoms with Crippen molar-refractivity contribution in [1.29, 1.82) is 0 Å². The van der Waals surface area contributed by atoms with Crippen molar-refractivity contribution in [2.24, 2.45) is 0 Å². The molecular formula is C25H31N5OS. The number of amides is 1. The molecular weight excluding hydrogens is 418 g/mol. The van der Waals surface area contributed by atoms with E-state index in [4.69, 9.17) is 0 Å². The fourth-order valence-corrected chi connectivity index (χ4v) is 4.90. The summed E-state index contributed by atoms with van der Waals surface area (Å²) in [6, 6.07) is 20.1. The summed E-state index contributed by atoms with van der Waals surface area (Å²) in [4.78, 5) is 15.3. The van der Waals surface area contributed by atoms with E-state index in [9.17, 15) is 4.79 Å². The van der Waals surface area contributed by atoms with Gasteiger partial charge in [-0.2, -0.15) is 0 Å². The molecule has 4 rings (SSSR count). The van der Waals surface area contributed by atoms with Crippen LogP contribution in [0.5, 0.6) is 0 Å². The first-order valence-corrected chi connectivity index (χ1v) is 12.2. The van der Waals surface area contributed by atoms with Crippen molar-refractivity contribution in [3.63, 3.8) is 0 Å². The highest BCUT2D eigenvalue weighted by Gasteiger charge is 2.23. The number of piperidine rings is 1. The third kappa shape index (κ3) is 5.58. The molecule has 2 heterocycles. The number of aromatic nitrogens is 3. The van der Waals surface area contributed by atoms with Gasteiger partial charge in [-0.25, -0.2) is 0 Å². The minimum Gasteiger partial charge on any atom is -0.349 e. The van der Waals surface area contributed by atoms with Gasteiger partial charge in [0.1, 0.15) is 0 Å². The second kappa shape index (κ2) is 10.8. The van der Waals surface area contributed by atoms with Gasteiger partial charge in [0.25, 0.3) is 0 Å². The topological polar surface area (TPSA) is 63.1 Å². The van der Waals surface area contributed by atoms with Crippen molar-refractivity contribution in [2.75, 3.05) is 13.1 Å². The lowest BCUT2D eigenvalue weighted by Gasteiger charge is -2.26. The Morgan fingerprint density at radius 2 is 1.62 bits per heavy atom. The minimum absolute atomic E-state index is 0.00783. The maximum Gasteiger partial charge on any atom is 0.233 e. The zero-order chi connectivity index (χ0) is 22.3. The van der Waals surface area contributed by atoms with Crippen molar-refractivity contribution >= 4 is 17.7 Å². The van der Waals surface area contributed by atoms with Crippen LogP contribution in [0.2, 0.25) is 0 Å². The molecule has 0 saturated carbocycles. The van der Waals surface area contributed by atoms with E-state index in [2.05, 4.69) is 37.1 Å². The largest absolute Gasteiger partial charge is 0.349 e. The second-order valence-corrected chi connectivity index (χ2v) is 9.62. The molecule has 1 aliphatic heterocycles. The minimum atomic E-state index is -0.296. The summed E-state index contributed by atoms with van der Waals surface area (Å²) < 4.78 is 2.10. The highest BCUT2D eigenvalue weighted by Crippen LogP contribution is 2.27. The summed E-state index contributed by atoms with van der Waals surface area (Å²) in [5.41, 5.74) is 2.12. The van der Waals surface area contributed by atoms with Gasteiger partial charge in [-0.15, -0.1) is 10.2 Å². The SMILES string of the molecule is CC(Sc1nnc(CN2CCCCC2)n1-c1ccccc1)C(=O)NC(C)c1ccccc1. The molecule has 1 aromatic heterocycles. The summed E-state index contributed by atoms with van der Waals surface area (Å²) in [6.07, 6.45) is 3.77. The first kappa shape index (κ1) is 22.6. The van der Waals surface area contributed by atoms with Crippen LogP contribution >= 0.6 is 11.8 Å². The van der Waals surface area contributed by atoms with Crippen LogP contribution in [0.4, 0.5) is 0 Å². The van der Waals surface area contributed by atoms with Gasteiger partial charge in [-0.05, 0) is 57.5 Å². The fourth-order valence-electron chi connectivity index (χ4n) is 4.00. The molecule has 2 unspecified atom stereocenters. The number of hydrogen-bond donors (Lipinski definition) is 1. The van der Waals surface area contributed by atoms with E-state index < -0.39 is 0 Å². The second-order valence-electron chi connectivity index (χ2n) is 8.31. The van der Waals surface area contributed by atoms with Crippen LogP contribution < -0.4 is 5.32 Å².